The van der Waals surface area contributed by atoms with E-state index in [1.165, 1.54) is 31.2 Å². The molecule has 0 saturated heterocycles. The molecule has 1 heterocycles. The minimum Gasteiger partial charge on any atom is -0.314 e. The third kappa shape index (κ3) is 2.71. The summed E-state index contributed by atoms with van der Waals surface area (Å²) in [7, 11) is 0. The van der Waals surface area contributed by atoms with Gasteiger partial charge in [-0.05, 0) is 56.0 Å². The van der Waals surface area contributed by atoms with E-state index in [1.807, 2.05) is 4.68 Å². The minimum atomic E-state index is 0.674. The van der Waals surface area contributed by atoms with Gasteiger partial charge in [0.15, 0.2) is 0 Å². The molecule has 2 fully saturated rings. The third-order valence-electron chi connectivity index (χ3n) is 5.12. The average Bonchev–Trinajstić information content (AvgIpc) is 2.99. The summed E-state index contributed by atoms with van der Waals surface area (Å²) in [5.41, 5.74) is 1.40. The number of aromatic nitrogens is 2. The predicted molar refractivity (Wildman–Crippen MR) is 78.0 cm³/mol. The molecule has 2 saturated carbocycles. The maximum absolute atomic E-state index is 4.41. The molecule has 3 atom stereocenters. The molecule has 2 aliphatic carbocycles. The van der Waals surface area contributed by atoms with E-state index < -0.39 is 0 Å². The van der Waals surface area contributed by atoms with Gasteiger partial charge in [0.05, 0.1) is 6.20 Å². The van der Waals surface area contributed by atoms with Gasteiger partial charge in [-0.25, -0.2) is 0 Å². The number of likely N-dealkylation sites (N-methyl/N-ethyl adjacent to an activating group) is 1. The fourth-order valence-electron chi connectivity index (χ4n) is 4.19. The van der Waals surface area contributed by atoms with Crippen LogP contribution in [0.25, 0.3) is 0 Å². The Kier molecular flexibility index (Phi) is 3.92. The van der Waals surface area contributed by atoms with E-state index in [2.05, 4.69) is 36.7 Å². The highest BCUT2D eigenvalue weighted by Crippen LogP contribution is 2.57. The van der Waals surface area contributed by atoms with Crippen molar-refractivity contribution < 1.29 is 0 Å². The number of rotatable bonds is 6. The second-order valence-electron chi connectivity index (χ2n) is 6.26. The van der Waals surface area contributed by atoms with Gasteiger partial charge < -0.3 is 5.32 Å². The maximum Gasteiger partial charge on any atom is 0.0522 e. The van der Waals surface area contributed by atoms with Gasteiger partial charge in [-0.3, -0.25) is 4.68 Å². The van der Waals surface area contributed by atoms with Crippen molar-refractivity contribution in [3.63, 3.8) is 0 Å². The first-order valence-electron chi connectivity index (χ1n) is 8.08. The van der Waals surface area contributed by atoms with Crippen LogP contribution in [0.1, 0.15) is 45.1 Å². The van der Waals surface area contributed by atoms with E-state index in [0.717, 1.165) is 37.3 Å². The molecule has 2 aliphatic rings. The Morgan fingerprint density at radius 3 is 2.63 bits per heavy atom. The molecule has 3 rings (SSSR count). The van der Waals surface area contributed by atoms with Crippen LogP contribution >= 0.6 is 0 Å². The molecule has 106 valence electrons. The SMILES string of the molecule is CCNC(Cc1cnn(CC)c1)C1C2CCCCC21. The highest BCUT2D eigenvalue weighted by molar-refractivity contribution is 5.12. The van der Waals surface area contributed by atoms with Gasteiger partial charge in [-0.1, -0.05) is 19.8 Å². The van der Waals surface area contributed by atoms with E-state index in [9.17, 15) is 0 Å². The summed E-state index contributed by atoms with van der Waals surface area (Å²) in [6, 6.07) is 0.674. The van der Waals surface area contributed by atoms with Crippen molar-refractivity contribution in [2.75, 3.05) is 6.54 Å². The lowest BCUT2D eigenvalue weighted by Gasteiger charge is -2.17. The molecular weight excluding hydrogens is 234 g/mol. The molecule has 0 amide bonds. The van der Waals surface area contributed by atoms with Crippen molar-refractivity contribution in [3.8, 4) is 0 Å². The molecule has 0 aliphatic heterocycles. The van der Waals surface area contributed by atoms with Gasteiger partial charge in [0, 0.05) is 18.8 Å². The van der Waals surface area contributed by atoms with Crippen LogP contribution in [0.2, 0.25) is 0 Å². The zero-order chi connectivity index (χ0) is 13.2. The summed E-state index contributed by atoms with van der Waals surface area (Å²) < 4.78 is 2.04. The predicted octanol–water partition coefficient (Wildman–Crippen LogP) is 2.86. The molecule has 3 nitrogen and oxygen atoms in total. The molecule has 0 bridgehead atoms. The zero-order valence-corrected chi connectivity index (χ0v) is 12.3. The summed E-state index contributed by atoms with van der Waals surface area (Å²) in [6.07, 6.45) is 11.3. The van der Waals surface area contributed by atoms with E-state index in [0.29, 0.717) is 6.04 Å². The van der Waals surface area contributed by atoms with Crippen LogP contribution in [0, 0.1) is 17.8 Å². The lowest BCUT2D eigenvalue weighted by Crippen LogP contribution is -2.34. The van der Waals surface area contributed by atoms with Gasteiger partial charge in [-0.2, -0.15) is 5.10 Å². The third-order valence-corrected chi connectivity index (χ3v) is 5.12. The van der Waals surface area contributed by atoms with Crippen LogP contribution in [0.3, 0.4) is 0 Å². The van der Waals surface area contributed by atoms with Gasteiger partial charge in [0.2, 0.25) is 0 Å². The van der Waals surface area contributed by atoms with Crippen molar-refractivity contribution in [3.05, 3.63) is 18.0 Å². The zero-order valence-electron chi connectivity index (χ0n) is 12.3. The number of hydrogen-bond acceptors (Lipinski definition) is 2. The van der Waals surface area contributed by atoms with Crippen LogP contribution in [-0.2, 0) is 13.0 Å². The normalized spacial score (nSPS) is 30.9. The minimum absolute atomic E-state index is 0.674. The molecule has 0 aromatic carbocycles. The molecule has 1 N–H and O–H groups in total. The fourth-order valence-corrected chi connectivity index (χ4v) is 4.19. The standard InChI is InChI=1S/C16H27N3/c1-3-17-15(9-12-10-18-19(4-2)11-12)16-13-7-5-6-8-14(13)16/h10-11,13-17H,3-9H2,1-2H3. The molecule has 0 radical (unpaired) electrons. The van der Waals surface area contributed by atoms with Crippen LogP contribution in [-0.4, -0.2) is 22.4 Å². The van der Waals surface area contributed by atoms with Crippen LogP contribution in [0.5, 0.6) is 0 Å². The largest absolute Gasteiger partial charge is 0.314 e. The first-order valence-corrected chi connectivity index (χ1v) is 8.08. The summed E-state index contributed by atoms with van der Waals surface area (Å²) in [4.78, 5) is 0. The second kappa shape index (κ2) is 5.66. The fraction of sp³-hybridized carbons (Fsp3) is 0.812. The molecule has 1 aromatic rings. The second-order valence-corrected chi connectivity index (χ2v) is 6.26. The Morgan fingerprint density at radius 2 is 2.05 bits per heavy atom. The number of aryl methyl sites for hydroxylation is 1. The van der Waals surface area contributed by atoms with Gasteiger partial charge in [0.25, 0.3) is 0 Å². The van der Waals surface area contributed by atoms with E-state index in [-0.39, 0.29) is 0 Å². The van der Waals surface area contributed by atoms with E-state index in [4.69, 9.17) is 0 Å². The lowest BCUT2D eigenvalue weighted by molar-refractivity contribution is 0.437. The number of fused-ring (bicyclic) bond motifs is 1. The van der Waals surface area contributed by atoms with E-state index >= 15 is 0 Å². The molecule has 0 spiro atoms. The highest BCUT2D eigenvalue weighted by Gasteiger charge is 2.53. The number of nitrogens with zero attached hydrogens (tertiary/aromatic N) is 2. The number of hydrogen-bond donors (Lipinski definition) is 1. The number of nitrogens with one attached hydrogen (secondary N) is 1. The van der Waals surface area contributed by atoms with E-state index in [1.54, 1.807) is 0 Å². The van der Waals surface area contributed by atoms with Crippen LogP contribution < -0.4 is 5.32 Å². The summed E-state index contributed by atoms with van der Waals surface area (Å²) in [5, 5.41) is 8.15. The Labute approximate surface area is 116 Å². The van der Waals surface area contributed by atoms with Crippen molar-refractivity contribution in [1.82, 2.24) is 15.1 Å². The lowest BCUT2D eigenvalue weighted by atomic mass is 10.0. The van der Waals surface area contributed by atoms with Gasteiger partial charge in [0.1, 0.15) is 0 Å². The highest BCUT2D eigenvalue weighted by atomic mass is 15.3. The summed E-state index contributed by atoms with van der Waals surface area (Å²) >= 11 is 0. The Morgan fingerprint density at radius 1 is 1.32 bits per heavy atom. The topological polar surface area (TPSA) is 29.9 Å². The van der Waals surface area contributed by atoms with Gasteiger partial charge in [-0.15, -0.1) is 0 Å². The average molecular weight is 261 g/mol. The van der Waals surface area contributed by atoms with Gasteiger partial charge >= 0.3 is 0 Å². The molecule has 3 unspecified atom stereocenters. The monoisotopic (exact) mass is 261 g/mol. The summed E-state index contributed by atoms with van der Waals surface area (Å²) in [6.45, 7) is 6.44. The molecule has 3 heteroatoms. The molecule has 1 aromatic heterocycles. The van der Waals surface area contributed by atoms with Crippen molar-refractivity contribution in [1.29, 1.82) is 0 Å². The van der Waals surface area contributed by atoms with Crippen LogP contribution in [0.4, 0.5) is 0 Å². The Hall–Kier alpha value is -0.830. The Balaban J connectivity index is 1.64. The summed E-state index contributed by atoms with van der Waals surface area (Å²) in [5.74, 6) is 2.99. The smallest absolute Gasteiger partial charge is 0.0522 e. The van der Waals surface area contributed by atoms with Crippen molar-refractivity contribution in [2.24, 2.45) is 17.8 Å². The Bertz CT molecular complexity index is 400. The molecule has 19 heavy (non-hydrogen) atoms. The van der Waals surface area contributed by atoms with Crippen molar-refractivity contribution >= 4 is 0 Å². The first-order chi connectivity index (χ1) is 9.33. The maximum atomic E-state index is 4.41. The quantitative estimate of drug-likeness (QED) is 0.853. The van der Waals surface area contributed by atoms with Crippen molar-refractivity contribution in [2.45, 2.75) is 58.5 Å². The first kappa shape index (κ1) is 13.2. The molecular formula is C16H27N3. The van der Waals surface area contributed by atoms with Crippen LogP contribution in [0.15, 0.2) is 12.4 Å².